The quantitative estimate of drug-likeness (QED) is 0.802. The van der Waals surface area contributed by atoms with Crippen molar-refractivity contribution in [1.29, 1.82) is 0 Å². The van der Waals surface area contributed by atoms with Crippen LogP contribution in [0, 0.1) is 19.7 Å². The minimum absolute atomic E-state index is 0.215. The SMILES string of the molecule is Cc1cc2nc(CCN)n(Cc3ccc(F)cc3)c2cc1C. The Balaban J connectivity index is 2.10. The lowest BCUT2D eigenvalue weighted by Crippen LogP contribution is -2.11. The summed E-state index contributed by atoms with van der Waals surface area (Å²) >= 11 is 0. The van der Waals surface area contributed by atoms with E-state index in [9.17, 15) is 4.39 Å². The number of benzene rings is 2. The lowest BCUT2D eigenvalue weighted by Gasteiger charge is -2.10. The fourth-order valence-electron chi connectivity index (χ4n) is 2.70. The molecular weight excluding hydrogens is 277 g/mol. The maximum atomic E-state index is 13.1. The second-order valence-corrected chi connectivity index (χ2v) is 5.70. The van der Waals surface area contributed by atoms with Crippen molar-refractivity contribution in [3.63, 3.8) is 0 Å². The molecule has 2 aromatic carbocycles. The Morgan fingerprint density at radius 3 is 2.45 bits per heavy atom. The van der Waals surface area contributed by atoms with E-state index < -0.39 is 0 Å². The summed E-state index contributed by atoms with van der Waals surface area (Å²) in [4.78, 5) is 4.73. The molecule has 0 radical (unpaired) electrons. The molecule has 114 valence electrons. The van der Waals surface area contributed by atoms with E-state index in [1.54, 1.807) is 0 Å². The number of fused-ring (bicyclic) bond motifs is 1. The van der Waals surface area contributed by atoms with Gasteiger partial charge in [0.05, 0.1) is 11.0 Å². The van der Waals surface area contributed by atoms with E-state index in [-0.39, 0.29) is 5.82 Å². The Kier molecular flexibility index (Phi) is 3.94. The Hall–Kier alpha value is -2.20. The van der Waals surface area contributed by atoms with Crippen LogP contribution in [-0.4, -0.2) is 16.1 Å². The highest BCUT2D eigenvalue weighted by molar-refractivity contribution is 5.78. The fraction of sp³-hybridized carbons (Fsp3) is 0.278. The Labute approximate surface area is 129 Å². The van der Waals surface area contributed by atoms with E-state index in [2.05, 4.69) is 30.5 Å². The van der Waals surface area contributed by atoms with Crippen molar-refractivity contribution in [3.05, 3.63) is 64.7 Å². The van der Waals surface area contributed by atoms with Crippen LogP contribution in [0.1, 0.15) is 22.5 Å². The lowest BCUT2D eigenvalue weighted by atomic mass is 10.1. The minimum Gasteiger partial charge on any atom is -0.330 e. The van der Waals surface area contributed by atoms with E-state index in [0.717, 1.165) is 28.8 Å². The van der Waals surface area contributed by atoms with Crippen molar-refractivity contribution in [2.45, 2.75) is 26.8 Å². The fourth-order valence-corrected chi connectivity index (χ4v) is 2.70. The number of halogens is 1. The zero-order valence-corrected chi connectivity index (χ0v) is 12.9. The molecule has 0 bridgehead atoms. The monoisotopic (exact) mass is 297 g/mol. The molecule has 0 atom stereocenters. The summed E-state index contributed by atoms with van der Waals surface area (Å²) in [5, 5.41) is 0. The van der Waals surface area contributed by atoms with Gasteiger partial charge in [0.2, 0.25) is 0 Å². The smallest absolute Gasteiger partial charge is 0.123 e. The van der Waals surface area contributed by atoms with Gasteiger partial charge >= 0.3 is 0 Å². The van der Waals surface area contributed by atoms with Crippen LogP contribution in [0.4, 0.5) is 4.39 Å². The van der Waals surface area contributed by atoms with Gasteiger partial charge in [0.15, 0.2) is 0 Å². The first-order chi connectivity index (χ1) is 10.6. The van der Waals surface area contributed by atoms with E-state index in [1.807, 2.05) is 12.1 Å². The molecule has 3 aromatic rings. The summed E-state index contributed by atoms with van der Waals surface area (Å²) in [5.41, 5.74) is 11.4. The molecule has 0 aliphatic heterocycles. The lowest BCUT2D eigenvalue weighted by molar-refractivity contribution is 0.626. The molecule has 3 rings (SSSR count). The Morgan fingerprint density at radius 1 is 1.09 bits per heavy atom. The van der Waals surface area contributed by atoms with Gasteiger partial charge in [-0.15, -0.1) is 0 Å². The van der Waals surface area contributed by atoms with Crippen LogP contribution in [-0.2, 0) is 13.0 Å². The van der Waals surface area contributed by atoms with Crippen LogP contribution in [0.5, 0.6) is 0 Å². The van der Waals surface area contributed by atoms with E-state index in [0.29, 0.717) is 13.1 Å². The molecule has 0 aliphatic carbocycles. The van der Waals surface area contributed by atoms with Gasteiger partial charge in [0.1, 0.15) is 11.6 Å². The first-order valence-electron chi connectivity index (χ1n) is 7.49. The molecule has 0 unspecified atom stereocenters. The van der Waals surface area contributed by atoms with E-state index in [4.69, 9.17) is 10.7 Å². The normalized spacial score (nSPS) is 11.3. The zero-order valence-electron chi connectivity index (χ0n) is 12.9. The van der Waals surface area contributed by atoms with Crippen molar-refractivity contribution in [2.24, 2.45) is 5.73 Å². The van der Waals surface area contributed by atoms with Crippen LogP contribution in [0.25, 0.3) is 11.0 Å². The van der Waals surface area contributed by atoms with Crippen molar-refractivity contribution in [2.75, 3.05) is 6.54 Å². The predicted molar refractivity (Wildman–Crippen MR) is 87.5 cm³/mol. The van der Waals surface area contributed by atoms with Crippen molar-refractivity contribution >= 4 is 11.0 Å². The van der Waals surface area contributed by atoms with Gasteiger partial charge in [0, 0.05) is 13.0 Å². The third-order valence-corrected chi connectivity index (χ3v) is 4.06. The average Bonchev–Trinajstić information content (AvgIpc) is 2.80. The van der Waals surface area contributed by atoms with Crippen molar-refractivity contribution < 1.29 is 4.39 Å². The van der Waals surface area contributed by atoms with Gasteiger partial charge in [-0.1, -0.05) is 12.1 Å². The maximum Gasteiger partial charge on any atom is 0.123 e. The molecule has 4 heteroatoms. The molecule has 1 aromatic heterocycles. The molecule has 0 fully saturated rings. The zero-order chi connectivity index (χ0) is 15.7. The molecule has 0 amide bonds. The Morgan fingerprint density at radius 2 is 1.77 bits per heavy atom. The summed E-state index contributed by atoms with van der Waals surface area (Å²) in [6, 6.07) is 10.9. The van der Waals surface area contributed by atoms with E-state index >= 15 is 0 Å². The predicted octanol–water partition coefficient (Wildman–Crippen LogP) is 3.34. The molecule has 0 saturated carbocycles. The second-order valence-electron chi connectivity index (χ2n) is 5.70. The van der Waals surface area contributed by atoms with Gasteiger partial charge in [-0.25, -0.2) is 9.37 Å². The molecule has 0 saturated heterocycles. The van der Waals surface area contributed by atoms with Crippen LogP contribution >= 0.6 is 0 Å². The molecule has 0 spiro atoms. The second kappa shape index (κ2) is 5.89. The van der Waals surface area contributed by atoms with Gasteiger partial charge in [-0.3, -0.25) is 0 Å². The average molecular weight is 297 g/mol. The highest BCUT2D eigenvalue weighted by Crippen LogP contribution is 2.22. The van der Waals surface area contributed by atoms with Gasteiger partial charge in [-0.2, -0.15) is 0 Å². The molecular formula is C18H20FN3. The third-order valence-electron chi connectivity index (χ3n) is 4.06. The van der Waals surface area contributed by atoms with Crippen LogP contribution in [0.15, 0.2) is 36.4 Å². The maximum absolute atomic E-state index is 13.1. The molecule has 2 N–H and O–H groups in total. The Bertz CT molecular complexity index is 803. The van der Waals surface area contributed by atoms with Gasteiger partial charge in [-0.05, 0) is 61.3 Å². The van der Waals surface area contributed by atoms with Crippen LogP contribution in [0.2, 0.25) is 0 Å². The van der Waals surface area contributed by atoms with Crippen LogP contribution < -0.4 is 5.73 Å². The summed E-state index contributed by atoms with van der Waals surface area (Å²) in [5.74, 6) is 0.764. The standard InChI is InChI=1S/C18H20FN3/c1-12-9-16-17(10-13(12)2)22(18(21-16)7-8-20)11-14-3-5-15(19)6-4-14/h3-6,9-10H,7-8,11,20H2,1-2H3. The first kappa shape index (κ1) is 14.7. The topological polar surface area (TPSA) is 43.8 Å². The number of imidazole rings is 1. The molecule has 22 heavy (non-hydrogen) atoms. The van der Waals surface area contributed by atoms with E-state index in [1.165, 1.54) is 23.3 Å². The first-order valence-corrected chi connectivity index (χ1v) is 7.49. The summed E-state index contributed by atoms with van der Waals surface area (Å²) < 4.78 is 15.3. The number of hydrogen-bond acceptors (Lipinski definition) is 2. The summed E-state index contributed by atoms with van der Waals surface area (Å²) in [7, 11) is 0. The summed E-state index contributed by atoms with van der Waals surface area (Å²) in [6.45, 7) is 5.43. The van der Waals surface area contributed by atoms with Crippen LogP contribution in [0.3, 0.4) is 0 Å². The number of nitrogens with two attached hydrogens (primary N) is 1. The number of hydrogen-bond donors (Lipinski definition) is 1. The van der Waals surface area contributed by atoms with Gasteiger partial charge in [0.25, 0.3) is 0 Å². The number of aromatic nitrogens is 2. The molecule has 0 aliphatic rings. The number of rotatable bonds is 4. The number of nitrogens with zero attached hydrogens (tertiary/aromatic N) is 2. The highest BCUT2D eigenvalue weighted by Gasteiger charge is 2.12. The van der Waals surface area contributed by atoms with Crippen molar-refractivity contribution in [3.8, 4) is 0 Å². The van der Waals surface area contributed by atoms with Crippen molar-refractivity contribution in [1.82, 2.24) is 9.55 Å². The molecule has 1 heterocycles. The number of aryl methyl sites for hydroxylation is 2. The minimum atomic E-state index is -0.215. The third kappa shape index (κ3) is 2.74. The largest absolute Gasteiger partial charge is 0.330 e. The summed E-state index contributed by atoms with van der Waals surface area (Å²) in [6.07, 6.45) is 0.730. The molecule has 3 nitrogen and oxygen atoms in total. The van der Waals surface area contributed by atoms with Gasteiger partial charge < -0.3 is 10.3 Å². The highest BCUT2D eigenvalue weighted by atomic mass is 19.1.